The first-order chi connectivity index (χ1) is 9.59. The van der Waals surface area contributed by atoms with Crippen molar-refractivity contribution in [2.75, 3.05) is 19.0 Å². The fourth-order valence-corrected chi connectivity index (χ4v) is 5.85. The summed E-state index contributed by atoms with van der Waals surface area (Å²) in [4.78, 5) is 0. The third-order valence-electron chi connectivity index (χ3n) is 2.23. The van der Waals surface area contributed by atoms with E-state index in [1.165, 1.54) is 11.4 Å². The molecule has 0 amide bonds. The summed E-state index contributed by atoms with van der Waals surface area (Å²) in [5.41, 5.74) is -1.34. The van der Waals surface area contributed by atoms with Gasteiger partial charge >= 0.3 is 0 Å². The van der Waals surface area contributed by atoms with Crippen LogP contribution in [-0.2, 0) is 32.2 Å². The number of aliphatic hydroxyl groups is 1. The highest BCUT2D eigenvalue weighted by molar-refractivity contribution is 8.67. The van der Waals surface area contributed by atoms with Crippen LogP contribution in [0.25, 0.3) is 0 Å². The fourth-order valence-electron chi connectivity index (χ4n) is 1.40. The van der Waals surface area contributed by atoms with Crippen LogP contribution in [0.5, 0.6) is 0 Å². The van der Waals surface area contributed by atoms with Gasteiger partial charge in [-0.3, -0.25) is 0 Å². The molecule has 0 heterocycles. The molecule has 0 aliphatic rings. The second-order valence-electron chi connectivity index (χ2n) is 3.83. The first-order valence-corrected chi connectivity index (χ1v) is 10.7. The summed E-state index contributed by atoms with van der Waals surface area (Å²) < 4.78 is 16.3. The van der Waals surface area contributed by atoms with E-state index in [0.29, 0.717) is 25.6 Å². The Bertz CT molecular complexity index is 406. The molecule has 0 saturated carbocycles. The highest BCUT2D eigenvalue weighted by atomic mass is 32.9. The lowest BCUT2D eigenvalue weighted by molar-refractivity contribution is -0.0903. The van der Waals surface area contributed by atoms with E-state index < -0.39 is 12.0 Å². The van der Waals surface area contributed by atoms with E-state index in [1.54, 1.807) is 0 Å². The molecule has 0 aromatic heterocycles. The molecule has 1 aromatic carbocycles. The number of hydrogen-bond donors (Lipinski definition) is 1. The molecule has 0 fully saturated rings. The third kappa shape index (κ3) is 7.18. The maximum atomic E-state index is 9.83. The number of benzene rings is 1. The molecule has 0 saturated heterocycles. The quantitative estimate of drug-likeness (QED) is 0.521. The van der Waals surface area contributed by atoms with E-state index in [2.05, 4.69) is 0 Å². The summed E-state index contributed by atoms with van der Waals surface area (Å²) in [7, 11) is 0. The van der Waals surface area contributed by atoms with Crippen molar-refractivity contribution in [3.63, 3.8) is 0 Å². The van der Waals surface area contributed by atoms with E-state index in [1.807, 2.05) is 44.2 Å². The minimum atomic E-state index is -2.36. The lowest BCUT2D eigenvalue weighted by Gasteiger charge is -2.21. The van der Waals surface area contributed by atoms with Crippen molar-refractivity contribution in [1.29, 1.82) is 0 Å². The molecule has 0 aliphatic heterocycles. The van der Waals surface area contributed by atoms with Crippen LogP contribution in [0.15, 0.2) is 30.3 Å². The van der Waals surface area contributed by atoms with E-state index in [-0.39, 0.29) is 0 Å². The Morgan fingerprint density at radius 2 is 1.80 bits per heavy atom. The normalized spacial score (nSPS) is 13.3. The predicted molar refractivity (Wildman–Crippen MR) is 87.2 cm³/mol. The van der Waals surface area contributed by atoms with Crippen molar-refractivity contribution in [3.8, 4) is 0 Å². The summed E-state index contributed by atoms with van der Waals surface area (Å²) in [6.07, 6.45) is -0.886. The predicted octanol–water partition coefficient (Wildman–Crippen LogP) is 3.55. The van der Waals surface area contributed by atoms with E-state index >= 15 is 0 Å². The van der Waals surface area contributed by atoms with Gasteiger partial charge in [0.1, 0.15) is 0 Å². The van der Waals surface area contributed by atoms with Crippen molar-refractivity contribution in [1.82, 2.24) is 0 Å². The summed E-state index contributed by atoms with van der Waals surface area (Å²) in [5.74, 6) is 0.337. The van der Waals surface area contributed by atoms with Gasteiger partial charge in [-0.15, -0.1) is 0 Å². The Morgan fingerprint density at radius 3 is 2.35 bits per heavy atom. The van der Waals surface area contributed by atoms with Gasteiger partial charge in [-0.05, 0) is 31.2 Å². The van der Waals surface area contributed by atoms with Gasteiger partial charge < -0.3 is 18.9 Å². The van der Waals surface area contributed by atoms with Crippen LogP contribution >= 0.6 is 17.1 Å². The summed E-state index contributed by atoms with van der Waals surface area (Å²) in [6.45, 7) is 5.14. The highest BCUT2D eigenvalue weighted by Gasteiger charge is 2.21. The van der Waals surface area contributed by atoms with Gasteiger partial charge in [-0.25, -0.2) is 0 Å². The number of aliphatic hydroxyl groups excluding tert-OH is 1. The average molecular weight is 336 g/mol. The van der Waals surface area contributed by atoms with Gasteiger partial charge in [-0.2, -0.15) is 0 Å². The SMILES string of the molecule is CCOP(=S)(OCC)SCC(O)OCc1ccccc1. The lowest BCUT2D eigenvalue weighted by atomic mass is 10.2. The molecule has 1 unspecified atom stereocenters. The van der Waals surface area contributed by atoms with E-state index in [0.717, 1.165) is 5.56 Å². The molecule has 1 aromatic rings. The van der Waals surface area contributed by atoms with Crippen molar-refractivity contribution in [3.05, 3.63) is 35.9 Å². The van der Waals surface area contributed by atoms with Crippen molar-refractivity contribution in [2.24, 2.45) is 0 Å². The second kappa shape index (κ2) is 9.90. The zero-order valence-electron chi connectivity index (χ0n) is 11.7. The molecule has 0 bridgehead atoms. The van der Waals surface area contributed by atoms with Crippen LogP contribution in [0.2, 0.25) is 0 Å². The van der Waals surface area contributed by atoms with Gasteiger partial charge in [0, 0.05) is 0 Å². The Kier molecular flexibility index (Phi) is 8.96. The first kappa shape index (κ1) is 18.1. The lowest BCUT2D eigenvalue weighted by Crippen LogP contribution is -2.15. The summed E-state index contributed by atoms with van der Waals surface area (Å²) >= 11 is 6.68. The fraction of sp³-hybridized carbons (Fsp3) is 0.538. The largest absolute Gasteiger partial charge is 0.367 e. The van der Waals surface area contributed by atoms with E-state index in [4.69, 9.17) is 25.6 Å². The molecule has 0 spiro atoms. The zero-order chi connectivity index (χ0) is 14.8. The smallest absolute Gasteiger partial charge is 0.247 e. The molecule has 4 nitrogen and oxygen atoms in total. The van der Waals surface area contributed by atoms with Gasteiger partial charge in [0.2, 0.25) is 5.69 Å². The van der Waals surface area contributed by atoms with Crippen molar-refractivity contribution >= 4 is 28.9 Å². The average Bonchev–Trinajstić information content (AvgIpc) is 2.45. The molecule has 0 radical (unpaired) electrons. The Hall–Kier alpha value is 0.0600. The van der Waals surface area contributed by atoms with Crippen LogP contribution in [0, 0.1) is 0 Å². The molecule has 0 aliphatic carbocycles. The van der Waals surface area contributed by atoms with Crippen LogP contribution in [-0.4, -0.2) is 30.4 Å². The molecule has 1 N–H and O–H groups in total. The van der Waals surface area contributed by atoms with Gasteiger partial charge in [0.25, 0.3) is 0 Å². The van der Waals surface area contributed by atoms with Crippen molar-refractivity contribution in [2.45, 2.75) is 26.7 Å². The molecule has 1 rings (SSSR count). The highest BCUT2D eigenvalue weighted by Crippen LogP contribution is 2.60. The van der Waals surface area contributed by atoms with Gasteiger partial charge in [0.05, 0.1) is 25.6 Å². The monoisotopic (exact) mass is 336 g/mol. The maximum Gasteiger partial charge on any atom is 0.247 e. The molecule has 114 valence electrons. The summed E-state index contributed by atoms with van der Waals surface area (Å²) in [5, 5.41) is 9.83. The van der Waals surface area contributed by atoms with Crippen LogP contribution in [0.4, 0.5) is 0 Å². The van der Waals surface area contributed by atoms with Gasteiger partial charge in [-0.1, -0.05) is 41.7 Å². The van der Waals surface area contributed by atoms with Crippen LogP contribution in [0.1, 0.15) is 19.4 Å². The van der Waals surface area contributed by atoms with E-state index in [9.17, 15) is 5.11 Å². The zero-order valence-corrected chi connectivity index (χ0v) is 14.3. The number of hydrogen-bond acceptors (Lipinski definition) is 6. The second-order valence-corrected chi connectivity index (χ2v) is 10.2. The number of rotatable bonds is 10. The Morgan fingerprint density at radius 1 is 1.20 bits per heavy atom. The maximum absolute atomic E-state index is 9.83. The molecule has 20 heavy (non-hydrogen) atoms. The first-order valence-electron chi connectivity index (χ1n) is 6.47. The molecule has 1 atom stereocenters. The van der Waals surface area contributed by atoms with Crippen LogP contribution < -0.4 is 0 Å². The standard InChI is InChI=1S/C13H21O4PS2/c1-3-16-18(19,17-4-2)20-11-13(14)15-10-12-8-6-5-7-9-12/h5-9,13-14H,3-4,10-11H2,1-2H3. The summed E-state index contributed by atoms with van der Waals surface area (Å²) in [6, 6.07) is 9.71. The molecular formula is C13H21O4PS2. The number of ether oxygens (including phenoxy) is 1. The molecular weight excluding hydrogens is 315 g/mol. The minimum Gasteiger partial charge on any atom is -0.367 e. The topological polar surface area (TPSA) is 47.9 Å². The van der Waals surface area contributed by atoms with Crippen LogP contribution in [0.3, 0.4) is 0 Å². The Balaban J connectivity index is 2.34. The van der Waals surface area contributed by atoms with Gasteiger partial charge in [0.15, 0.2) is 6.29 Å². The molecule has 7 heteroatoms. The Labute approximate surface area is 129 Å². The third-order valence-corrected chi connectivity index (χ3v) is 7.74. The minimum absolute atomic E-state index is 0.337. The van der Waals surface area contributed by atoms with Crippen molar-refractivity contribution < 1.29 is 18.9 Å².